The number of ether oxygens (including phenoxy) is 1. The van der Waals surface area contributed by atoms with Crippen LogP contribution in [-0.2, 0) is 11.3 Å². The van der Waals surface area contributed by atoms with Gasteiger partial charge in [-0.1, -0.05) is 47.5 Å². The molecule has 0 unspecified atom stereocenters. The van der Waals surface area contributed by atoms with Crippen molar-refractivity contribution in [3.8, 4) is 0 Å². The predicted molar refractivity (Wildman–Crippen MR) is 76.8 cm³/mol. The zero-order chi connectivity index (χ0) is 13.8. The lowest BCUT2D eigenvalue weighted by molar-refractivity contribution is 0.0472. The van der Waals surface area contributed by atoms with Gasteiger partial charge in [0.15, 0.2) is 0 Å². The Labute approximate surface area is 121 Å². The molecule has 2 rings (SSSR count). The van der Waals surface area contributed by atoms with Crippen LogP contribution in [0.1, 0.15) is 21.5 Å². The van der Waals surface area contributed by atoms with Crippen molar-refractivity contribution < 1.29 is 9.53 Å². The van der Waals surface area contributed by atoms with Crippen LogP contribution < -0.4 is 0 Å². The second-order valence-corrected chi connectivity index (χ2v) is 4.97. The van der Waals surface area contributed by atoms with Crippen LogP contribution in [0.2, 0.25) is 10.0 Å². The van der Waals surface area contributed by atoms with Crippen molar-refractivity contribution in [2.24, 2.45) is 0 Å². The summed E-state index contributed by atoms with van der Waals surface area (Å²) < 4.78 is 5.25. The Bertz CT molecular complexity index is 609. The Morgan fingerprint density at radius 1 is 1.16 bits per heavy atom. The van der Waals surface area contributed by atoms with Crippen molar-refractivity contribution >= 4 is 29.2 Å². The summed E-state index contributed by atoms with van der Waals surface area (Å²) in [5, 5.41) is 1.05. The molecule has 2 aromatic rings. The average Bonchev–Trinajstić information content (AvgIpc) is 2.38. The number of benzene rings is 2. The summed E-state index contributed by atoms with van der Waals surface area (Å²) in [5.74, 6) is -0.357. The van der Waals surface area contributed by atoms with Gasteiger partial charge in [0.2, 0.25) is 0 Å². The van der Waals surface area contributed by atoms with Crippen LogP contribution in [0.3, 0.4) is 0 Å². The van der Waals surface area contributed by atoms with E-state index in [1.54, 1.807) is 30.3 Å². The zero-order valence-corrected chi connectivity index (χ0v) is 11.8. The fourth-order valence-electron chi connectivity index (χ4n) is 1.66. The number of halogens is 2. The van der Waals surface area contributed by atoms with Crippen molar-refractivity contribution in [1.82, 2.24) is 0 Å². The first-order valence-corrected chi connectivity index (χ1v) is 6.50. The quantitative estimate of drug-likeness (QED) is 0.770. The van der Waals surface area contributed by atoms with Crippen LogP contribution in [0.5, 0.6) is 0 Å². The van der Waals surface area contributed by atoms with Gasteiger partial charge in [0, 0.05) is 15.6 Å². The zero-order valence-electron chi connectivity index (χ0n) is 10.3. The molecule has 0 saturated heterocycles. The SMILES string of the molecule is Cc1ccccc1C(=O)OCc1ccc(Cl)cc1Cl. The van der Waals surface area contributed by atoms with Crippen molar-refractivity contribution in [2.75, 3.05) is 0 Å². The van der Waals surface area contributed by atoms with Gasteiger partial charge < -0.3 is 4.74 Å². The summed E-state index contributed by atoms with van der Waals surface area (Å²) in [5.41, 5.74) is 2.18. The van der Waals surface area contributed by atoms with E-state index in [0.717, 1.165) is 11.1 Å². The molecule has 0 N–H and O–H groups in total. The molecule has 0 spiro atoms. The maximum absolute atomic E-state index is 11.9. The van der Waals surface area contributed by atoms with E-state index in [4.69, 9.17) is 27.9 Å². The molecule has 2 aromatic carbocycles. The standard InChI is InChI=1S/C15H12Cl2O2/c1-10-4-2-3-5-13(10)15(18)19-9-11-6-7-12(16)8-14(11)17/h2-8H,9H2,1H3. The van der Waals surface area contributed by atoms with Gasteiger partial charge in [0.1, 0.15) is 6.61 Å². The van der Waals surface area contributed by atoms with Gasteiger partial charge in [-0.3, -0.25) is 0 Å². The summed E-state index contributed by atoms with van der Waals surface area (Å²) in [6, 6.07) is 12.4. The molecule has 0 aliphatic heterocycles. The van der Waals surface area contributed by atoms with Crippen molar-refractivity contribution in [1.29, 1.82) is 0 Å². The molecule has 19 heavy (non-hydrogen) atoms. The fraction of sp³-hybridized carbons (Fsp3) is 0.133. The van der Waals surface area contributed by atoms with E-state index in [1.807, 2.05) is 19.1 Å². The molecule has 0 aromatic heterocycles. The molecule has 0 aliphatic rings. The molecule has 0 aliphatic carbocycles. The molecule has 2 nitrogen and oxygen atoms in total. The van der Waals surface area contributed by atoms with Gasteiger partial charge >= 0.3 is 5.97 Å². The van der Waals surface area contributed by atoms with Crippen LogP contribution in [0.15, 0.2) is 42.5 Å². The lowest BCUT2D eigenvalue weighted by atomic mass is 10.1. The number of hydrogen-bond acceptors (Lipinski definition) is 2. The molecule has 0 heterocycles. The van der Waals surface area contributed by atoms with E-state index in [0.29, 0.717) is 15.6 Å². The minimum absolute atomic E-state index is 0.128. The summed E-state index contributed by atoms with van der Waals surface area (Å²) in [6.45, 7) is 2.00. The second-order valence-electron chi connectivity index (χ2n) is 4.13. The molecule has 0 saturated carbocycles. The maximum Gasteiger partial charge on any atom is 0.338 e. The minimum Gasteiger partial charge on any atom is -0.457 e. The lowest BCUT2D eigenvalue weighted by Gasteiger charge is -2.08. The molecule has 0 fully saturated rings. The Morgan fingerprint density at radius 3 is 2.58 bits per heavy atom. The Morgan fingerprint density at radius 2 is 1.89 bits per heavy atom. The Balaban J connectivity index is 2.07. The van der Waals surface area contributed by atoms with Crippen LogP contribution in [-0.4, -0.2) is 5.97 Å². The second kappa shape index (κ2) is 6.09. The van der Waals surface area contributed by atoms with Crippen LogP contribution >= 0.6 is 23.2 Å². The van der Waals surface area contributed by atoms with Crippen molar-refractivity contribution in [2.45, 2.75) is 13.5 Å². The minimum atomic E-state index is -0.357. The van der Waals surface area contributed by atoms with Crippen LogP contribution in [0, 0.1) is 6.92 Å². The molecular formula is C15H12Cl2O2. The number of carbonyl (C=O) groups excluding carboxylic acids is 1. The summed E-state index contributed by atoms with van der Waals surface area (Å²) >= 11 is 11.8. The molecule has 0 radical (unpaired) electrons. The fourth-order valence-corrected chi connectivity index (χ4v) is 2.12. The lowest BCUT2D eigenvalue weighted by Crippen LogP contribution is -2.07. The van der Waals surface area contributed by atoms with E-state index in [2.05, 4.69) is 0 Å². The van der Waals surface area contributed by atoms with E-state index < -0.39 is 0 Å². The Kier molecular flexibility index (Phi) is 4.46. The first-order valence-electron chi connectivity index (χ1n) is 5.74. The van der Waals surface area contributed by atoms with Crippen LogP contribution in [0.4, 0.5) is 0 Å². The van der Waals surface area contributed by atoms with Crippen molar-refractivity contribution in [3.63, 3.8) is 0 Å². The number of carbonyl (C=O) groups is 1. The first-order chi connectivity index (χ1) is 9.08. The number of rotatable bonds is 3. The van der Waals surface area contributed by atoms with E-state index >= 15 is 0 Å². The number of hydrogen-bond donors (Lipinski definition) is 0. The maximum atomic E-state index is 11.9. The Hall–Kier alpha value is -1.51. The van der Waals surface area contributed by atoms with Gasteiger partial charge in [0.05, 0.1) is 5.56 Å². The average molecular weight is 295 g/mol. The van der Waals surface area contributed by atoms with E-state index in [-0.39, 0.29) is 12.6 Å². The highest BCUT2D eigenvalue weighted by atomic mass is 35.5. The topological polar surface area (TPSA) is 26.3 Å². The van der Waals surface area contributed by atoms with E-state index in [9.17, 15) is 4.79 Å². The van der Waals surface area contributed by atoms with E-state index in [1.165, 1.54) is 0 Å². The highest BCUT2D eigenvalue weighted by Gasteiger charge is 2.10. The molecule has 4 heteroatoms. The van der Waals surface area contributed by atoms with Gasteiger partial charge in [0.25, 0.3) is 0 Å². The molecule has 98 valence electrons. The van der Waals surface area contributed by atoms with Gasteiger partial charge in [-0.05, 0) is 30.7 Å². The number of aryl methyl sites for hydroxylation is 1. The molecular weight excluding hydrogens is 283 g/mol. The van der Waals surface area contributed by atoms with Gasteiger partial charge in [-0.2, -0.15) is 0 Å². The number of esters is 1. The monoisotopic (exact) mass is 294 g/mol. The van der Waals surface area contributed by atoms with Crippen LogP contribution in [0.25, 0.3) is 0 Å². The third-order valence-corrected chi connectivity index (χ3v) is 3.33. The third-order valence-electron chi connectivity index (χ3n) is 2.74. The third kappa shape index (κ3) is 3.49. The molecule has 0 bridgehead atoms. The van der Waals surface area contributed by atoms with Crippen molar-refractivity contribution in [3.05, 3.63) is 69.2 Å². The highest BCUT2D eigenvalue weighted by molar-refractivity contribution is 6.35. The summed E-state index contributed by atoms with van der Waals surface area (Å²) in [4.78, 5) is 11.9. The normalized spacial score (nSPS) is 10.3. The highest BCUT2D eigenvalue weighted by Crippen LogP contribution is 2.22. The summed E-state index contributed by atoms with van der Waals surface area (Å²) in [7, 11) is 0. The van der Waals surface area contributed by atoms with Gasteiger partial charge in [-0.25, -0.2) is 4.79 Å². The largest absolute Gasteiger partial charge is 0.457 e. The van der Waals surface area contributed by atoms with Gasteiger partial charge in [-0.15, -0.1) is 0 Å². The summed E-state index contributed by atoms with van der Waals surface area (Å²) in [6.07, 6.45) is 0. The smallest absolute Gasteiger partial charge is 0.338 e. The predicted octanol–water partition coefficient (Wildman–Crippen LogP) is 4.66. The molecule has 0 amide bonds. The molecule has 0 atom stereocenters. The first kappa shape index (κ1) is 13.9.